The average Bonchev–Trinajstić information content (AvgIpc) is 2.19. The number of carbonyl (C=O) groups excluding carboxylic acids is 1. The fourth-order valence-electron chi connectivity index (χ4n) is 1.28. The molecule has 0 bridgehead atoms. The lowest BCUT2D eigenvalue weighted by atomic mass is 10.0. The molecule has 1 rings (SSSR count). The molecule has 0 aromatic rings. The van der Waals surface area contributed by atoms with E-state index < -0.39 is 0 Å². The standard InChI is InChI=1S/C10H20N2O3/c1-10(7-11-8-10)15-6-9(13)12(2)4-5-14-3/h11H,4-8H2,1-3H3. The Balaban J connectivity index is 2.17. The van der Waals surface area contributed by atoms with Crippen molar-refractivity contribution in [2.75, 3.05) is 47.0 Å². The van der Waals surface area contributed by atoms with Crippen molar-refractivity contribution in [2.24, 2.45) is 0 Å². The minimum Gasteiger partial charge on any atom is -0.383 e. The minimum atomic E-state index is -0.155. The van der Waals surface area contributed by atoms with Crippen LogP contribution in [0.4, 0.5) is 0 Å². The van der Waals surface area contributed by atoms with Crippen molar-refractivity contribution in [3.63, 3.8) is 0 Å². The van der Waals surface area contributed by atoms with E-state index >= 15 is 0 Å². The summed E-state index contributed by atoms with van der Waals surface area (Å²) in [5, 5.41) is 3.12. The van der Waals surface area contributed by atoms with Crippen LogP contribution in [0.1, 0.15) is 6.92 Å². The number of hydrogen-bond donors (Lipinski definition) is 1. The van der Waals surface area contributed by atoms with Gasteiger partial charge in [-0.25, -0.2) is 0 Å². The lowest BCUT2D eigenvalue weighted by Crippen LogP contribution is -2.59. The molecule has 1 amide bonds. The molecule has 88 valence electrons. The van der Waals surface area contributed by atoms with Crippen LogP contribution >= 0.6 is 0 Å². The van der Waals surface area contributed by atoms with Gasteiger partial charge in [0.25, 0.3) is 0 Å². The molecule has 15 heavy (non-hydrogen) atoms. The number of nitrogens with zero attached hydrogens (tertiary/aromatic N) is 1. The first-order valence-electron chi connectivity index (χ1n) is 5.15. The molecule has 0 atom stereocenters. The van der Waals surface area contributed by atoms with Gasteiger partial charge in [0.2, 0.25) is 5.91 Å². The van der Waals surface area contributed by atoms with Crippen molar-refractivity contribution in [1.82, 2.24) is 10.2 Å². The zero-order chi connectivity index (χ0) is 11.3. The fourth-order valence-corrected chi connectivity index (χ4v) is 1.28. The molecule has 0 radical (unpaired) electrons. The number of methoxy groups -OCH3 is 1. The zero-order valence-corrected chi connectivity index (χ0v) is 9.71. The van der Waals surface area contributed by atoms with Gasteiger partial charge in [0.15, 0.2) is 0 Å². The Morgan fingerprint density at radius 3 is 2.67 bits per heavy atom. The third kappa shape index (κ3) is 3.77. The second-order valence-corrected chi connectivity index (χ2v) is 4.15. The van der Waals surface area contributed by atoms with Gasteiger partial charge in [-0.3, -0.25) is 4.79 Å². The van der Waals surface area contributed by atoms with Crippen molar-refractivity contribution >= 4 is 5.91 Å². The Kier molecular flexibility index (Phi) is 4.50. The number of likely N-dealkylation sites (N-methyl/N-ethyl adjacent to an activating group) is 1. The number of amides is 1. The second-order valence-electron chi connectivity index (χ2n) is 4.15. The van der Waals surface area contributed by atoms with Gasteiger partial charge in [0.1, 0.15) is 6.61 Å². The summed E-state index contributed by atoms with van der Waals surface area (Å²) in [7, 11) is 3.38. The largest absolute Gasteiger partial charge is 0.383 e. The summed E-state index contributed by atoms with van der Waals surface area (Å²) in [5.41, 5.74) is -0.155. The molecule has 1 aliphatic rings. The number of nitrogens with one attached hydrogen (secondary N) is 1. The van der Waals surface area contributed by atoms with Gasteiger partial charge >= 0.3 is 0 Å². The van der Waals surface area contributed by atoms with E-state index in [0.717, 1.165) is 13.1 Å². The maximum Gasteiger partial charge on any atom is 0.248 e. The van der Waals surface area contributed by atoms with Gasteiger partial charge in [0, 0.05) is 33.8 Å². The third-order valence-corrected chi connectivity index (χ3v) is 2.60. The van der Waals surface area contributed by atoms with Crippen molar-refractivity contribution in [3.05, 3.63) is 0 Å². The molecule has 0 spiro atoms. The molecule has 1 saturated heterocycles. The first-order chi connectivity index (χ1) is 7.07. The predicted molar refractivity (Wildman–Crippen MR) is 56.7 cm³/mol. The molecule has 5 nitrogen and oxygen atoms in total. The van der Waals surface area contributed by atoms with Crippen molar-refractivity contribution in [2.45, 2.75) is 12.5 Å². The Hall–Kier alpha value is -0.650. The number of hydrogen-bond acceptors (Lipinski definition) is 4. The van der Waals surface area contributed by atoms with Crippen LogP contribution in [0.3, 0.4) is 0 Å². The summed E-state index contributed by atoms with van der Waals surface area (Å²) in [4.78, 5) is 13.2. The van der Waals surface area contributed by atoms with E-state index in [2.05, 4.69) is 5.32 Å². The highest BCUT2D eigenvalue weighted by molar-refractivity contribution is 5.77. The highest BCUT2D eigenvalue weighted by Gasteiger charge is 2.33. The second kappa shape index (κ2) is 5.44. The Morgan fingerprint density at radius 1 is 1.53 bits per heavy atom. The Bertz CT molecular complexity index is 217. The number of rotatable bonds is 6. The first kappa shape index (κ1) is 12.4. The van der Waals surface area contributed by atoms with Gasteiger partial charge in [-0.15, -0.1) is 0 Å². The molecule has 1 heterocycles. The highest BCUT2D eigenvalue weighted by Crippen LogP contribution is 2.14. The molecule has 0 aliphatic carbocycles. The van der Waals surface area contributed by atoms with Crippen LogP contribution in [0.15, 0.2) is 0 Å². The number of ether oxygens (including phenoxy) is 2. The zero-order valence-electron chi connectivity index (χ0n) is 9.71. The lowest BCUT2D eigenvalue weighted by Gasteiger charge is -2.39. The highest BCUT2D eigenvalue weighted by atomic mass is 16.5. The molecule has 0 aromatic heterocycles. The van der Waals surface area contributed by atoms with E-state index in [1.165, 1.54) is 0 Å². The summed E-state index contributed by atoms with van der Waals surface area (Å²) in [5.74, 6) is 0.000162. The van der Waals surface area contributed by atoms with Crippen LogP contribution < -0.4 is 5.32 Å². The smallest absolute Gasteiger partial charge is 0.248 e. The molecular formula is C10H20N2O3. The van der Waals surface area contributed by atoms with Crippen molar-refractivity contribution in [1.29, 1.82) is 0 Å². The van der Waals surface area contributed by atoms with Crippen LogP contribution in [0, 0.1) is 0 Å². The van der Waals surface area contributed by atoms with Gasteiger partial charge in [-0.1, -0.05) is 0 Å². The van der Waals surface area contributed by atoms with E-state index in [1.807, 2.05) is 6.92 Å². The van der Waals surface area contributed by atoms with Crippen LogP contribution in [0.25, 0.3) is 0 Å². The average molecular weight is 216 g/mol. The molecule has 0 unspecified atom stereocenters. The lowest BCUT2D eigenvalue weighted by molar-refractivity contribution is -0.145. The van der Waals surface area contributed by atoms with Gasteiger partial charge in [0.05, 0.1) is 12.2 Å². The van der Waals surface area contributed by atoms with E-state index in [0.29, 0.717) is 13.2 Å². The molecule has 5 heteroatoms. The Morgan fingerprint density at radius 2 is 2.20 bits per heavy atom. The summed E-state index contributed by atoms with van der Waals surface area (Å²) >= 11 is 0. The summed E-state index contributed by atoms with van der Waals surface area (Å²) in [6.07, 6.45) is 0. The van der Waals surface area contributed by atoms with E-state index in [1.54, 1.807) is 19.1 Å². The third-order valence-electron chi connectivity index (χ3n) is 2.60. The van der Waals surface area contributed by atoms with Crippen molar-refractivity contribution in [3.8, 4) is 0 Å². The van der Waals surface area contributed by atoms with Gasteiger partial charge < -0.3 is 19.7 Å². The molecular weight excluding hydrogens is 196 g/mol. The molecule has 0 aromatic carbocycles. The van der Waals surface area contributed by atoms with Crippen LogP contribution in [0.5, 0.6) is 0 Å². The minimum absolute atomic E-state index is 0.000162. The van der Waals surface area contributed by atoms with Crippen LogP contribution in [0.2, 0.25) is 0 Å². The Labute approximate surface area is 90.7 Å². The summed E-state index contributed by atoms with van der Waals surface area (Å²) in [6, 6.07) is 0. The predicted octanol–water partition coefficient (Wildman–Crippen LogP) is -0.530. The van der Waals surface area contributed by atoms with Crippen LogP contribution in [-0.4, -0.2) is 63.4 Å². The van der Waals surface area contributed by atoms with E-state index in [4.69, 9.17) is 9.47 Å². The monoisotopic (exact) mass is 216 g/mol. The van der Waals surface area contributed by atoms with Crippen molar-refractivity contribution < 1.29 is 14.3 Å². The molecule has 0 saturated carbocycles. The molecule has 1 N–H and O–H groups in total. The van der Waals surface area contributed by atoms with E-state index in [9.17, 15) is 4.79 Å². The molecule has 1 aliphatic heterocycles. The molecule has 1 fully saturated rings. The fraction of sp³-hybridized carbons (Fsp3) is 0.900. The maximum atomic E-state index is 11.6. The SMILES string of the molecule is COCCN(C)C(=O)COC1(C)CNC1. The maximum absolute atomic E-state index is 11.6. The quantitative estimate of drug-likeness (QED) is 0.648. The first-order valence-corrected chi connectivity index (χ1v) is 5.15. The topological polar surface area (TPSA) is 50.8 Å². The van der Waals surface area contributed by atoms with E-state index in [-0.39, 0.29) is 18.1 Å². The summed E-state index contributed by atoms with van der Waals surface area (Å²) < 4.78 is 10.4. The number of carbonyl (C=O) groups is 1. The summed E-state index contributed by atoms with van der Waals surface area (Å²) in [6.45, 7) is 4.96. The van der Waals surface area contributed by atoms with Crippen LogP contribution in [-0.2, 0) is 14.3 Å². The van der Waals surface area contributed by atoms with Gasteiger partial charge in [-0.05, 0) is 6.92 Å². The normalized spacial score (nSPS) is 18.3. The van der Waals surface area contributed by atoms with Gasteiger partial charge in [-0.2, -0.15) is 0 Å².